The van der Waals surface area contributed by atoms with E-state index in [9.17, 15) is 4.79 Å². The number of hydrogen-bond acceptors (Lipinski definition) is 3. The zero-order chi connectivity index (χ0) is 12.5. The van der Waals surface area contributed by atoms with Crippen LogP contribution in [0.3, 0.4) is 0 Å². The Labute approximate surface area is 109 Å². The van der Waals surface area contributed by atoms with Crippen LogP contribution in [0.5, 0.6) is 0 Å². The van der Waals surface area contributed by atoms with Gasteiger partial charge in [-0.25, -0.2) is 0 Å². The lowest BCUT2D eigenvalue weighted by atomic mass is 9.73. The van der Waals surface area contributed by atoms with Crippen molar-refractivity contribution in [3.05, 3.63) is 28.7 Å². The molecule has 1 aliphatic carbocycles. The molecule has 1 amide bonds. The molecular weight excluding hydrogens is 284 g/mol. The van der Waals surface area contributed by atoms with Crippen molar-refractivity contribution in [2.75, 3.05) is 12.4 Å². The number of carbonyl (C=O) groups is 1. The molecule has 0 atom stereocenters. The van der Waals surface area contributed by atoms with Crippen LogP contribution in [-0.4, -0.2) is 24.7 Å². The van der Waals surface area contributed by atoms with E-state index in [4.69, 9.17) is 10.5 Å². The van der Waals surface area contributed by atoms with Gasteiger partial charge in [0, 0.05) is 30.1 Å². The van der Waals surface area contributed by atoms with E-state index in [1.54, 1.807) is 7.11 Å². The lowest BCUT2D eigenvalue weighted by Gasteiger charge is -2.45. The Morgan fingerprint density at radius 3 is 2.82 bits per heavy atom. The molecule has 0 radical (unpaired) electrons. The number of nitrogens with two attached hydrogens (primary N) is 1. The predicted octanol–water partition coefficient (Wildman–Crippen LogP) is 1.89. The Kier molecular flexibility index (Phi) is 3.40. The van der Waals surface area contributed by atoms with Gasteiger partial charge in [-0.1, -0.05) is 22.0 Å². The molecule has 3 N–H and O–H groups in total. The van der Waals surface area contributed by atoms with Gasteiger partial charge in [-0.15, -0.1) is 0 Å². The average Bonchev–Trinajstić information content (AvgIpc) is 2.22. The van der Waals surface area contributed by atoms with E-state index in [-0.39, 0.29) is 12.0 Å². The number of hydrogen-bond donors (Lipinski definition) is 2. The largest absolute Gasteiger partial charge is 0.381 e. The zero-order valence-corrected chi connectivity index (χ0v) is 11.2. The Balaban J connectivity index is 2.12. The summed E-state index contributed by atoms with van der Waals surface area (Å²) in [5, 5.41) is 3.21. The molecule has 0 bridgehead atoms. The summed E-state index contributed by atoms with van der Waals surface area (Å²) < 4.78 is 6.16. The van der Waals surface area contributed by atoms with Gasteiger partial charge in [-0.3, -0.25) is 4.79 Å². The fourth-order valence-electron chi connectivity index (χ4n) is 2.09. The van der Waals surface area contributed by atoms with Crippen LogP contribution in [0.1, 0.15) is 12.8 Å². The second-order valence-electron chi connectivity index (χ2n) is 4.35. The zero-order valence-electron chi connectivity index (χ0n) is 9.57. The van der Waals surface area contributed by atoms with Crippen LogP contribution in [0.4, 0.5) is 5.69 Å². The lowest BCUT2D eigenvalue weighted by Crippen LogP contribution is -2.61. The Bertz CT molecular complexity index is 430. The summed E-state index contributed by atoms with van der Waals surface area (Å²) in [6.07, 6.45) is 1.35. The number of ether oxygens (including phenoxy) is 1. The topological polar surface area (TPSA) is 64.3 Å². The third-order valence-corrected chi connectivity index (χ3v) is 3.66. The fraction of sp³-hybridized carbons (Fsp3) is 0.417. The standard InChI is InChI=1S/C12H15BrN2O2/c1-17-10-6-12(7-10,11(14)16)15-9-4-2-3-8(13)5-9/h2-5,10,15H,6-7H2,1H3,(H2,14,16). The summed E-state index contributed by atoms with van der Waals surface area (Å²) in [4.78, 5) is 11.5. The maximum atomic E-state index is 11.5. The number of anilines is 1. The van der Waals surface area contributed by atoms with Crippen molar-refractivity contribution in [3.63, 3.8) is 0 Å². The highest BCUT2D eigenvalue weighted by Crippen LogP contribution is 2.37. The van der Waals surface area contributed by atoms with Crippen LogP contribution in [0.2, 0.25) is 0 Å². The number of methoxy groups -OCH3 is 1. The Morgan fingerprint density at radius 1 is 1.59 bits per heavy atom. The predicted molar refractivity (Wildman–Crippen MR) is 69.7 cm³/mol. The minimum absolute atomic E-state index is 0.113. The van der Waals surface area contributed by atoms with E-state index < -0.39 is 5.54 Å². The highest BCUT2D eigenvalue weighted by Gasteiger charge is 2.49. The van der Waals surface area contributed by atoms with Crippen LogP contribution >= 0.6 is 15.9 Å². The molecule has 0 saturated heterocycles. The molecule has 4 nitrogen and oxygen atoms in total. The molecule has 92 valence electrons. The minimum atomic E-state index is -0.665. The molecular formula is C12H15BrN2O2. The monoisotopic (exact) mass is 298 g/mol. The first-order chi connectivity index (χ1) is 8.05. The summed E-state index contributed by atoms with van der Waals surface area (Å²) >= 11 is 3.39. The van der Waals surface area contributed by atoms with Gasteiger partial charge in [0.2, 0.25) is 5.91 Å². The van der Waals surface area contributed by atoms with E-state index in [2.05, 4.69) is 21.2 Å². The van der Waals surface area contributed by atoms with Gasteiger partial charge < -0.3 is 15.8 Å². The van der Waals surface area contributed by atoms with Crippen molar-refractivity contribution in [1.29, 1.82) is 0 Å². The first-order valence-corrected chi connectivity index (χ1v) is 6.21. The Morgan fingerprint density at radius 2 is 2.29 bits per heavy atom. The molecule has 0 spiro atoms. The van der Waals surface area contributed by atoms with Gasteiger partial charge in [0.25, 0.3) is 0 Å². The van der Waals surface area contributed by atoms with E-state index in [1.807, 2.05) is 24.3 Å². The molecule has 5 heteroatoms. The summed E-state index contributed by atoms with van der Waals surface area (Å²) in [7, 11) is 1.65. The summed E-state index contributed by atoms with van der Waals surface area (Å²) in [6.45, 7) is 0. The summed E-state index contributed by atoms with van der Waals surface area (Å²) in [5.41, 5.74) is 5.68. The fourth-order valence-corrected chi connectivity index (χ4v) is 2.49. The lowest BCUT2D eigenvalue weighted by molar-refractivity contribution is -0.130. The Hall–Kier alpha value is -1.07. The van der Waals surface area contributed by atoms with E-state index >= 15 is 0 Å². The van der Waals surface area contributed by atoms with Gasteiger partial charge in [-0.2, -0.15) is 0 Å². The van der Waals surface area contributed by atoms with Crippen molar-refractivity contribution in [1.82, 2.24) is 0 Å². The van der Waals surface area contributed by atoms with Crippen molar-refractivity contribution in [3.8, 4) is 0 Å². The maximum Gasteiger partial charge on any atom is 0.243 e. The SMILES string of the molecule is COC1CC(Nc2cccc(Br)c2)(C(N)=O)C1. The average molecular weight is 299 g/mol. The molecule has 0 heterocycles. The van der Waals surface area contributed by atoms with Gasteiger partial charge in [0.05, 0.1) is 6.10 Å². The van der Waals surface area contributed by atoms with Crippen LogP contribution in [-0.2, 0) is 9.53 Å². The quantitative estimate of drug-likeness (QED) is 0.892. The molecule has 1 aliphatic rings. The smallest absolute Gasteiger partial charge is 0.243 e. The van der Waals surface area contributed by atoms with Gasteiger partial charge in [0.1, 0.15) is 5.54 Å². The minimum Gasteiger partial charge on any atom is -0.381 e. The van der Waals surface area contributed by atoms with Gasteiger partial charge >= 0.3 is 0 Å². The molecule has 2 rings (SSSR count). The van der Waals surface area contributed by atoms with Crippen LogP contribution in [0.15, 0.2) is 28.7 Å². The normalized spacial score (nSPS) is 27.3. The van der Waals surface area contributed by atoms with Crippen molar-refractivity contribution in [2.24, 2.45) is 5.73 Å². The van der Waals surface area contributed by atoms with Gasteiger partial charge in [0.15, 0.2) is 0 Å². The number of amides is 1. The number of halogens is 1. The first-order valence-electron chi connectivity index (χ1n) is 5.42. The number of primary amides is 1. The second kappa shape index (κ2) is 4.66. The first kappa shape index (κ1) is 12.4. The van der Waals surface area contributed by atoms with Crippen LogP contribution in [0, 0.1) is 0 Å². The van der Waals surface area contributed by atoms with Crippen molar-refractivity contribution >= 4 is 27.5 Å². The highest BCUT2D eigenvalue weighted by molar-refractivity contribution is 9.10. The van der Waals surface area contributed by atoms with E-state index in [0.717, 1.165) is 10.2 Å². The molecule has 1 saturated carbocycles. The molecule has 1 fully saturated rings. The molecule has 0 aromatic heterocycles. The molecule has 1 aromatic rings. The molecule has 17 heavy (non-hydrogen) atoms. The van der Waals surface area contributed by atoms with Crippen molar-refractivity contribution in [2.45, 2.75) is 24.5 Å². The molecule has 1 aromatic carbocycles. The van der Waals surface area contributed by atoms with Gasteiger partial charge in [-0.05, 0) is 18.2 Å². The van der Waals surface area contributed by atoms with Crippen LogP contribution in [0.25, 0.3) is 0 Å². The second-order valence-corrected chi connectivity index (χ2v) is 5.26. The number of nitrogens with one attached hydrogen (secondary N) is 1. The highest BCUT2D eigenvalue weighted by atomic mass is 79.9. The van der Waals surface area contributed by atoms with Crippen molar-refractivity contribution < 1.29 is 9.53 Å². The third kappa shape index (κ3) is 2.45. The maximum absolute atomic E-state index is 11.5. The number of benzene rings is 1. The van der Waals surface area contributed by atoms with Crippen LogP contribution < -0.4 is 11.1 Å². The summed E-state index contributed by atoms with van der Waals surface area (Å²) in [6, 6.07) is 7.68. The van der Waals surface area contributed by atoms with E-state index in [0.29, 0.717) is 12.8 Å². The molecule has 0 aliphatic heterocycles. The van der Waals surface area contributed by atoms with E-state index in [1.165, 1.54) is 0 Å². The number of rotatable bonds is 4. The third-order valence-electron chi connectivity index (χ3n) is 3.17. The summed E-state index contributed by atoms with van der Waals surface area (Å²) in [5.74, 6) is -0.328. The number of carbonyl (C=O) groups excluding carboxylic acids is 1. The molecule has 0 unspecified atom stereocenters.